The molecule has 0 aliphatic heterocycles. The molecule has 0 aliphatic carbocycles. The van der Waals surface area contributed by atoms with Crippen LogP contribution in [0.15, 0.2) is 60.7 Å². The van der Waals surface area contributed by atoms with Gasteiger partial charge in [-0.3, -0.25) is 14.2 Å². The van der Waals surface area contributed by atoms with Crippen LogP contribution in [0, 0.1) is 0 Å². The first-order valence-corrected chi connectivity index (χ1v) is 12.5. The number of hydrogen-bond donors (Lipinski definition) is 3. The minimum absolute atomic E-state index is 0.133. The zero-order valence-electron chi connectivity index (χ0n) is 19.4. The monoisotopic (exact) mass is 533 g/mol. The molecule has 0 bridgehead atoms. The van der Waals surface area contributed by atoms with Crippen LogP contribution in [0.4, 0.5) is 0 Å². The number of nitrogens with one attached hydrogen (secondary N) is 2. The number of aryl methyl sites for hydroxylation is 1. The van der Waals surface area contributed by atoms with E-state index in [1.807, 2.05) is 37.3 Å². The van der Waals surface area contributed by atoms with Crippen LogP contribution in [0.2, 0.25) is 5.02 Å². The van der Waals surface area contributed by atoms with E-state index >= 15 is 0 Å². The minimum atomic E-state index is -1.33. The molecule has 0 saturated carbocycles. The third kappa shape index (κ3) is 4.41. The van der Waals surface area contributed by atoms with E-state index in [-0.39, 0.29) is 33.6 Å². The van der Waals surface area contributed by atoms with E-state index in [4.69, 9.17) is 11.6 Å². The quantitative estimate of drug-likeness (QED) is 0.184. The topological polar surface area (TPSA) is 130 Å². The fourth-order valence-electron chi connectivity index (χ4n) is 4.17. The normalized spacial score (nSPS) is 11.9. The fourth-order valence-corrected chi connectivity index (χ4v) is 5.49. The summed E-state index contributed by atoms with van der Waals surface area (Å²) in [6.07, 6.45) is 1.13. The van der Waals surface area contributed by atoms with Crippen LogP contribution >= 0.6 is 22.9 Å². The average molecular weight is 534 g/mol. The summed E-state index contributed by atoms with van der Waals surface area (Å²) in [5.41, 5.74) is 1.96. The summed E-state index contributed by atoms with van der Waals surface area (Å²) in [4.78, 5) is 41.6. The Morgan fingerprint density at radius 2 is 1.89 bits per heavy atom. The highest BCUT2D eigenvalue weighted by Gasteiger charge is 2.31. The van der Waals surface area contributed by atoms with E-state index in [9.17, 15) is 19.5 Å². The number of carbonyl (C=O) groups excluding carboxylic acids is 2. The molecule has 5 rings (SSSR count). The maximum atomic E-state index is 13.6. The van der Waals surface area contributed by atoms with E-state index in [1.165, 1.54) is 15.9 Å². The SMILES string of the molecule is CCc1cc(C(=O)c2ccccc2Cl)c(-n2c(C(=O)O)nnc2C(NC=O)c2cc3ccccc3[nH]2)s1. The second kappa shape index (κ2) is 10.00. The lowest BCUT2D eigenvalue weighted by molar-refractivity contribution is -0.110. The Hall–Kier alpha value is -4.28. The van der Waals surface area contributed by atoms with E-state index in [2.05, 4.69) is 20.5 Å². The van der Waals surface area contributed by atoms with Crippen LogP contribution in [0.25, 0.3) is 15.9 Å². The van der Waals surface area contributed by atoms with Gasteiger partial charge in [0.25, 0.3) is 0 Å². The molecule has 1 amide bonds. The predicted molar refractivity (Wildman–Crippen MR) is 140 cm³/mol. The van der Waals surface area contributed by atoms with E-state index in [0.717, 1.165) is 15.8 Å². The number of thiophene rings is 1. The molecule has 0 radical (unpaired) electrons. The average Bonchev–Trinajstić information content (AvgIpc) is 3.63. The summed E-state index contributed by atoms with van der Waals surface area (Å²) in [6.45, 7) is 1.94. The Balaban J connectivity index is 1.73. The molecule has 9 nitrogen and oxygen atoms in total. The largest absolute Gasteiger partial charge is 0.475 e. The van der Waals surface area contributed by atoms with Gasteiger partial charge >= 0.3 is 5.97 Å². The standard InChI is InChI=1S/C26H20ClN5O4S/c1-2-15-12-17(22(34)16-8-4-5-9-18(16)27)25(37-15)32-23(30-31-24(32)26(35)36)21(28-13-33)20-11-14-7-3-6-10-19(14)29-20/h3-13,21,29H,2H2,1H3,(H,28,33)(H,35,36). The molecule has 186 valence electrons. The smallest absolute Gasteiger partial charge is 0.374 e. The van der Waals surface area contributed by atoms with Crippen LogP contribution in [0.5, 0.6) is 0 Å². The second-order valence-corrected chi connectivity index (χ2v) is 9.67. The van der Waals surface area contributed by atoms with Gasteiger partial charge in [-0.15, -0.1) is 21.5 Å². The van der Waals surface area contributed by atoms with Crippen molar-refractivity contribution >= 4 is 52.0 Å². The molecule has 1 unspecified atom stereocenters. The molecule has 37 heavy (non-hydrogen) atoms. The van der Waals surface area contributed by atoms with E-state index in [0.29, 0.717) is 23.5 Å². The lowest BCUT2D eigenvalue weighted by Crippen LogP contribution is -2.25. The first-order chi connectivity index (χ1) is 17.9. The summed E-state index contributed by atoms with van der Waals surface area (Å²) < 4.78 is 1.32. The number of aromatic amines is 1. The number of halogens is 1. The van der Waals surface area contributed by atoms with Crippen molar-refractivity contribution in [1.29, 1.82) is 0 Å². The summed E-state index contributed by atoms with van der Waals surface area (Å²) >= 11 is 7.57. The predicted octanol–water partition coefficient (Wildman–Crippen LogP) is 4.79. The fraction of sp³-hybridized carbons (Fsp3) is 0.115. The van der Waals surface area contributed by atoms with Gasteiger partial charge in [-0.25, -0.2) is 4.79 Å². The number of carboxylic acids is 1. The van der Waals surface area contributed by atoms with Gasteiger partial charge in [0, 0.05) is 21.7 Å². The van der Waals surface area contributed by atoms with Crippen LogP contribution in [0.3, 0.4) is 0 Å². The number of rotatable bonds is 9. The van der Waals surface area contributed by atoms with Gasteiger partial charge < -0.3 is 15.4 Å². The number of aromatic nitrogens is 4. The van der Waals surface area contributed by atoms with Gasteiger partial charge in [-0.2, -0.15) is 0 Å². The number of nitrogens with zero attached hydrogens (tertiary/aromatic N) is 3. The highest BCUT2D eigenvalue weighted by molar-refractivity contribution is 7.15. The van der Waals surface area contributed by atoms with Crippen molar-refractivity contribution in [1.82, 2.24) is 25.1 Å². The maximum absolute atomic E-state index is 13.6. The molecule has 3 N–H and O–H groups in total. The molecule has 3 aromatic heterocycles. The van der Waals surface area contributed by atoms with E-state index < -0.39 is 12.0 Å². The Morgan fingerprint density at radius 1 is 1.14 bits per heavy atom. The van der Waals surface area contributed by atoms with E-state index in [1.54, 1.807) is 30.3 Å². The molecular weight excluding hydrogens is 514 g/mol. The highest BCUT2D eigenvalue weighted by atomic mass is 35.5. The van der Waals surface area contributed by atoms with Crippen molar-refractivity contribution < 1.29 is 19.5 Å². The molecule has 5 aromatic rings. The molecule has 0 saturated heterocycles. The number of carboxylic acid groups (broad SMARTS) is 1. The number of hydrogen-bond acceptors (Lipinski definition) is 6. The first-order valence-electron chi connectivity index (χ1n) is 11.3. The molecule has 3 heterocycles. The maximum Gasteiger partial charge on any atom is 0.374 e. The van der Waals surface area contributed by atoms with Crippen molar-refractivity contribution in [2.24, 2.45) is 0 Å². The summed E-state index contributed by atoms with van der Waals surface area (Å²) in [6, 6.07) is 16.9. The Morgan fingerprint density at radius 3 is 2.59 bits per heavy atom. The van der Waals surface area contributed by atoms with Crippen molar-refractivity contribution in [2.75, 3.05) is 0 Å². The molecular formula is C26H20ClN5O4S. The van der Waals surface area contributed by atoms with Crippen molar-refractivity contribution in [3.8, 4) is 5.00 Å². The lowest BCUT2D eigenvalue weighted by atomic mass is 10.0. The van der Waals surface area contributed by atoms with Crippen LogP contribution in [-0.2, 0) is 11.2 Å². The molecule has 2 aromatic carbocycles. The number of aromatic carboxylic acids is 1. The lowest BCUT2D eigenvalue weighted by Gasteiger charge is -2.16. The number of benzene rings is 2. The van der Waals surface area contributed by atoms with Crippen molar-refractivity contribution in [2.45, 2.75) is 19.4 Å². The zero-order chi connectivity index (χ0) is 26.1. The second-order valence-electron chi connectivity index (χ2n) is 8.15. The van der Waals surface area contributed by atoms with Gasteiger partial charge in [0.15, 0.2) is 11.6 Å². The minimum Gasteiger partial charge on any atom is -0.475 e. The Kier molecular flexibility index (Phi) is 6.60. The number of amides is 1. The molecule has 0 fully saturated rings. The van der Waals surface area contributed by atoms with Crippen LogP contribution in [0.1, 0.15) is 55.9 Å². The Labute approximate surface area is 219 Å². The number of para-hydroxylation sites is 1. The molecule has 11 heteroatoms. The van der Waals surface area contributed by atoms with Gasteiger partial charge in [0.05, 0.1) is 10.6 Å². The summed E-state index contributed by atoms with van der Waals surface area (Å²) in [7, 11) is 0. The van der Waals surface area contributed by atoms with Gasteiger partial charge in [-0.05, 0) is 42.1 Å². The highest BCUT2D eigenvalue weighted by Crippen LogP contribution is 2.34. The number of H-pyrrole nitrogens is 1. The van der Waals surface area contributed by atoms with Gasteiger partial charge in [-0.1, -0.05) is 48.9 Å². The first kappa shape index (κ1) is 24.4. The Bertz CT molecular complexity index is 1620. The molecule has 1 atom stereocenters. The number of ketones is 1. The summed E-state index contributed by atoms with van der Waals surface area (Å²) in [5, 5.41) is 22.3. The van der Waals surface area contributed by atoms with Crippen molar-refractivity contribution in [3.63, 3.8) is 0 Å². The number of carbonyl (C=O) groups is 3. The van der Waals surface area contributed by atoms with Gasteiger partial charge in [0.2, 0.25) is 12.2 Å². The van der Waals surface area contributed by atoms with Crippen molar-refractivity contribution in [3.05, 3.63) is 99.0 Å². The zero-order valence-corrected chi connectivity index (χ0v) is 21.0. The third-order valence-corrected chi connectivity index (χ3v) is 7.51. The van der Waals surface area contributed by atoms with Gasteiger partial charge in [0.1, 0.15) is 11.0 Å². The molecule has 0 aliphatic rings. The number of fused-ring (bicyclic) bond motifs is 1. The third-order valence-electron chi connectivity index (χ3n) is 5.91. The van der Waals surface area contributed by atoms with Crippen LogP contribution < -0.4 is 5.32 Å². The molecule has 0 spiro atoms. The summed E-state index contributed by atoms with van der Waals surface area (Å²) in [5.74, 6) is -1.95. The van der Waals surface area contributed by atoms with Crippen LogP contribution in [-0.4, -0.2) is 43.0 Å².